The molecular weight excluding hydrogens is 318 g/mol. The van der Waals surface area contributed by atoms with Gasteiger partial charge in [-0.3, -0.25) is 9.89 Å². The number of aromatic amines is 1. The maximum atomic E-state index is 12.5. The van der Waals surface area contributed by atoms with E-state index in [0.29, 0.717) is 5.69 Å². The highest BCUT2D eigenvalue weighted by Gasteiger charge is 2.24. The van der Waals surface area contributed by atoms with Crippen molar-refractivity contribution in [2.45, 2.75) is 26.4 Å². The molecule has 0 amide bonds. The summed E-state index contributed by atoms with van der Waals surface area (Å²) in [4.78, 5) is 28.9. The second-order valence-electron chi connectivity index (χ2n) is 6.43. The molecule has 0 atom stereocenters. The van der Waals surface area contributed by atoms with Gasteiger partial charge in [-0.2, -0.15) is 0 Å². The first-order valence-electron chi connectivity index (χ1n) is 7.75. The number of hydrogen-bond donors (Lipinski definition) is 1. The number of nitrogens with one attached hydrogen (secondary N) is 1. The van der Waals surface area contributed by atoms with Crippen molar-refractivity contribution in [3.63, 3.8) is 0 Å². The van der Waals surface area contributed by atoms with Gasteiger partial charge in [0.2, 0.25) is 0 Å². The Morgan fingerprint density at radius 1 is 1.20 bits per heavy atom. The van der Waals surface area contributed by atoms with Gasteiger partial charge >= 0.3 is 5.97 Å². The van der Waals surface area contributed by atoms with Crippen molar-refractivity contribution in [2.75, 3.05) is 0 Å². The molecule has 3 rings (SSSR count). The molecule has 0 bridgehead atoms. The summed E-state index contributed by atoms with van der Waals surface area (Å²) in [7, 11) is 0. The Balaban J connectivity index is 2.09. The first kappa shape index (κ1) is 16.5. The third kappa shape index (κ3) is 3.61. The van der Waals surface area contributed by atoms with Crippen molar-refractivity contribution in [1.82, 2.24) is 14.6 Å². The Morgan fingerprint density at radius 2 is 1.92 bits per heavy atom. The summed E-state index contributed by atoms with van der Waals surface area (Å²) >= 11 is 0. The summed E-state index contributed by atoms with van der Waals surface area (Å²) in [5, 5.41) is 2.87. The average molecular weight is 335 g/mol. The molecule has 0 aliphatic carbocycles. The summed E-state index contributed by atoms with van der Waals surface area (Å²) in [5.41, 5.74) is 0.134. The van der Waals surface area contributed by atoms with Crippen molar-refractivity contribution >= 4 is 11.6 Å². The van der Waals surface area contributed by atoms with Crippen LogP contribution in [0, 0.1) is 11.8 Å². The van der Waals surface area contributed by atoms with E-state index in [1.165, 1.54) is 16.9 Å². The van der Waals surface area contributed by atoms with Crippen molar-refractivity contribution < 1.29 is 9.53 Å². The normalized spacial score (nSPS) is 11.0. The standard InChI is InChI=1S/C19H17N3O3/c1-19(2,3)25-18(24)16-15(23)11-14(22-17(16)20-12-21-22)10-9-13-7-5-4-6-8-13/h4-8,11-12H,1-3H3,(H,20,21). The number of nitrogens with zero attached hydrogens (tertiary/aromatic N) is 2. The molecule has 0 saturated heterocycles. The molecule has 0 unspecified atom stereocenters. The number of rotatable bonds is 1. The molecule has 0 aliphatic heterocycles. The fraction of sp³-hybridized carbons (Fsp3) is 0.211. The SMILES string of the molecule is CC(C)(C)OC(=O)c1c(=O)cc(C#Cc2ccccc2)n2[nH]cnc12. The highest BCUT2D eigenvalue weighted by Crippen LogP contribution is 2.13. The number of hydrogen-bond acceptors (Lipinski definition) is 4. The Morgan fingerprint density at radius 3 is 2.60 bits per heavy atom. The number of carbonyl (C=O) groups is 1. The number of esters is 1. The smallest absolute Gasteiger partial charge is 0.346 e. The topological polar surface area (TPSA) is 76.5 Å². The molecule has 0 aliphatic rings. The molecule has 0 fully saturated rings. The summed E-state index contributed by atoms with van der Waals surface area (Å²) in [6.45, 7) is 5.22. The van der Waals surface area contributed by atoms with Gasteiger partial charge in [-0.1, -0.05) is 24.1 Å². The van der Waals surface area contributed by atoms with Crippen LogP contribution in [0.2, 0.25) is 0 Å². The van der Waals surface area contributed by atoms with Gasteiger partial charge < -0.3 is 4.74 Å². The van der Waals surface area contributed by atoms with Crippen molar-refractivity contribution in [3.05, 3.63) is 69.8 Å². The molecule has 6 nitrogen and oxygen atoms in total. The van der Waals surface area contributed by atoms with E-state index in [9.17, 15) is 9.59 Å². The van der Waals surface area contributed by atoms with Gasteiger partial charge in [0.25, 0.3) is 0 Å². The Kier molecular flexibility index (Phi) is 4.15. The van der Waals surface area contributed by atoms with Gasteiger partial charge in [-0.05, 0) is 38.8 Å². The monoisotopic (exact) mass is 335 g/mol. The number of fused-ring (bicyclic) bond motifs is 1. The summed E-state index contributed by atoms with van der Waals surface area (Å²) in [6.07, 6.45) is 1.40. The van der Waals surface area contributed by atoms with Crippen molar-refractivity contribution in [1.29, 1.82) is 0 Å². The number of pyridine rings is 1. The van der Waals surface area contributed by atoms with Crippen LogP contribution in [-0.2, 0) is 4.74 Å². The fourth-order valence-electron chi connectivity index (χ4n) is 2.27. The highest BCUT2D eigenvalue weighted by molar-refractivity contribution is 5.96. The van der Waals surface area contributed by atoms with Gasteiger partial charge in [0.05, 0.1) is 0 Å². The number of ether oxygens (including phenoxy) is 1. The molecule has 25 heavy (non-hydrogen) atoms. The summed E-state index contributed by atoms with van der Waals surface area (Å²) in [6, 6.07) is 10.7. The molecule has 2 aromatic heterocycles. The first-order valence-corrected chi connectivity index (χ1v) is 7.75. The first-order chi connectivity index (χ1) is 11.8. The van der Waals surface area contributed by atoms with Gasteiger partial charge in [-0.25, -0.2) is 14.3 Å². The van der Waals surface area contributed by atoms with Crippen LogP contribution in [0.4, 0.5) is 0 Å². The molecule has 0 saturated carbocycles. The lowest BCUT2D eigenvalue weighted by Crippen LogP contribution is -2.28. The largest absolute Gasteiger partial charge is 0.456 e. The molecule has 0 radical (unpaired) electrons. The third-order valence-electron chi connectivity index (χ3n) is 3.28. The molecule has 6 heteroatoms. The van der Waals surface area contributed by atoms with E-state index in [1.807, 2.05) is 30.3 Å². The van der Waals surface area contributed by atoms with Crippen LogP contribution < -0.4 is 5.43 Å². The van der Waals surface area contributed by atoms with Crippen LogP contribution in [0.25, 0.3) is 5.65 Å². The minimum absolute atomic E-state index is 0.110. The van der Waals surface area contributed by atoms with Crippen molar-refractivity contribution in [2.24, 2.45) is 0 Å². The second-order valence-corrected chi connectivity index (χ2v) is 6.43. The quantitative estimate of drug-likeness (QED) is 0.547. The second kappa shape index (κ2) is 6.29. The maximum absolute atomic E-state index is 12.5. The number of aromatic nitrogens is 3. The van der Waals surface area contributed by atoms with Gasteiger partial charge in [-0.15, -0.1) is 0 Å². The molecule has 1 aromatic carbocycles. The molecule has 1 N–H and O–H groups in total. The van der Waals surface area contributed by atoms with E-state index in [1.54, 1.807) is 20.8 Å². The molecule has 3 aromatic rings. The molecule has 0 spiro atoms. The van der Waals surface area contributed by atoms with Crippen molar-refractivity contribution in [3.8, 4) is 11.8 Å². The van der Waals surface area contributed by atoms with Crippen LogP contribution in [-0.4, -0.2) is 26.2 Å². The summed E-state index contributed by atoms with van der Waals surface area (Å²) in [5.74, 6) is 5.21. The minimum atomic E-state index is -0.706. The van der Waals surface area contributed by atoms with E-state index in [-0.39, 0.29) is 11.2 Å². The van der Waals surface area contributed by atoms with Crippen LogP contribution in [0.1, 0.15) is 42.4 Å². The van der Waals surface area contributed by atoms with Gasteiger partial charge in [0.15, 0.2) is 16.6 Å². The van der Waals surface area contributed by atoms with Crippen LogP contribution in [0.3, 0.4) is 0 Å². The predicted molar refractivity (Wildman–Crippen MR) is 93.4 cm³/mol. The number of H-pyrrole nitrogens is 1. The maximum Gasteiger partial charge on any atom is 0.346 e. The number of carbonyl (C=O) groups excluding carboxylic acids is 1. The fourth-order valence-corrected chi connectivity index (χ4v) is 2.27. The lowest BCUT2D eigenvalue weighted by molar-refractivity contribution is 0.00697. The van der Waals surface area contributed by atoms with Gasteiger partial charge in [0.1, 0.15) is 17.6 Å². The molecular formula is C19H17N3O3. The molecule has 2 heterocycles. The Hall–Kier alpha value is -3.33. The lowest BCUT2D eigenvalue weighted by atomic mass is 10.1. The Bertz CT molecular complexity index is 1040. The van der Waals surface area contributed by atoms with E-state index in [0.717, 1.165) is 5.56 Å². The summed E-state index contributed by atoms with van der Waals surface area (Å²) < 4.78 is 6.81. The van der Waals surface area contributed by atoms with E-state index < -0.39 is 17.0 Å². The third-order valence-corrected chi connectivity index (χ3v) is 3.28. The van der Waals surface area contributed by atoms with Crippen LogP contribution in [0.15, 0.2) is 47.5 Å². The zero-order valence-electron chi connectivity index (χ0n) is 14.2. The number of benzene rings is 1. The lowest BCUT2D eigenvalue weighted by Gasteiger charge is -2.19. The molecule has 126 valence electrons. The average Bonchev–Trinajstić information content (AvgIpc) is 3.01. The van der Waals surface area contributed by atoms with Gasteiger partial charge in [0, 0.05) is 11.6 Å². The predicted octanol–water partition coefficient (Wildman–Crippen LogP) is 2.38. The van der Waals surface area contributed by atoms with Crippen LogP contribution in [0.5, 0.6) is 0 Å². The van der Waals surface area contributed by atoms with E-state index in [2.05, 4.69) is 21.9 Å². The van der Waals surface area contributed by atoms with E-state index in [4.69, 9.17) is 4.74 Å². The zero-order valence-corrected chi connectivity index (χ0v) is 14.2. The minimum Gasteiger partial charge on any atom is -0.456 e. The van der Waals surface area contributed by atoms with Crippen LogP contribution >= 0.6 is 0 Å². The Labute approximate surface area is 144 Å². The van der Waals surface area contributed by atoms with E-state index >= 15 is 0 Å². The zero-order chi connectivity index (χ0) is 18.0. The highest BCUT2D eigenvalue weighted by atomic mass is 16.6.